The van der Waals surface area contributed by atoms with E-state index in [0.29, 0.717) is 12.1 Å². The molecule has 4 rings (SSSR count). The number of amides is 1. The second-order valence-corrected chi connectivity index (χ2v) is 7.07. The Hall–Kier alpha value is -2.96. The van der Waals surface area contributed by atoms with Crippen molar-refractivity contribution in [1.82, 2.24) is 24.9 Å². The lowest BCUT2D eigenvalue weighted by Crippen LogP contribution is -2.39. The van der Waals surface area contributed by atoms with Crippen LogP contribution in [0.5, 0.6) is 0 Å². The average Bonchev–Trinajstić information content (AvgIpc) is 3.30. The molecule has 0 bridgehead atoms. The van der Waals surface area contributed by atoms with Gasteiger partial charge in [0.1, 0.15) is 5.82 Å². The zero-order chi connectivity index (χ0) is 19.0. The molecule has 27 heavy (non-hydrogen) atoms. The molecule has 1 N–H and O–H groups in total. The van der Waals surface area contributed by atoms with Gasteiger partial charge >= 0.3 is 0 Å². The average molecular weight is 367 g/mol. The number of aromatic amines is 1. The lowest BCUT2D eigenvalue weighted by atomic mass is 9.94. The van der Waals surface area contributed by atoms with Gasteiger partial charge in [-0.1, -0.05) is 0 Å². The van der Waals surface area contributed by atoms with Gasteiger partial charge in [0.2, 0.25) is 0 Å². The van der Waals surface area contributed by atoms with Crippen molar-refractivity contribution in [2.45, 2.75) is 25.7 Å². The molecule has 0 spiro atoms. The highest BCUT2D eigenvalue weighted by Crippen LogP contribution is 2.29. The molecule has 3 heterocycles. The number of halogens is 1. The van der Waals surface area contributed by atoms with Gasteiger partial charge in [0.25, 0.3) is 5.91 Å². The van der Waals surface area contributed by atoms with E-state index in [9.17, 15) is 9.18 Å². The van der Waals surface area contributed by atoms with Gasteiger partial charge in [0.15, 0.2) is 0 Å². The number of H-pyrrole nitrogens is 1. The Kier molecular flexibility index (Phi) is 4.51. The van der Waals surface area contributed by atoms with Crippen LogP contribution in [0.2, 0.25) is 0 Å². The maximum atomic E-state index is 13.1. The minimum absolute atomic E-state index is 0.0311. The molecule has 3 aromatic rings. The number of carbonyl (C=O) groups is 1. The third-order valence-electron chi connectivity index (χ3n) is 5.35. The molecule has 6 nitrogen and oxygen atoms in total. The molecule has 1 fully saturated rings. The topological polar surface area (TPSA) is 66.8 Å². The molecule has 0 radical (unpaired) electrons. The Morgan fingerprint density at radius 3 is 2.78 bits per heavy atom. The normalized spacial score (nSPS) is 17.3. The lowest BCUT2D eigenvalue weighted by molar-refractivity contribution is 0.0705. The molecule has 7 heteroatoms. The van der Waals surface area contributed by atoms with Crippen molar-refractivity contribution >= 4 is 5.91 Å². The number of nitrogens with zero attached hydrogens (tertiary/aromatic N) is 4. The summed E-state index contributed by atoms with van der Waals surface area (Å²) in [5, 5.41) is 11.7. The maximum absolute atomic E-state index is 13.1. The minimum Gasteiger partial charge on any atom is -0.338 e. The number of nitrogens with one attached hydrogen (secondary N) is 1. The number of aromatic nitrogens is 4. The molecule has 0 aliphatic carbocycles. The van der Waals surface area contributed by atoms with Crippen LogP contribution in [0.1, 0.15) is 40.5 Å². The first kappa shape index (κ1) is 17.5. The summed E-state index contributed by atoms with van der Waals surface area (Å²) in [6.45, 7) is 3.31. The number of piperidine rings is 1. The number of benzene rings is 1. The summed E-state index contributed by atoms with van der Waals surface area (Å²) in [7, 11) is 1.84. The number of likely N-dealkylation sites (tertiary alicyclic amines) is 1. The van der Waals surface area contributed by atoms with Crippen molar-refractivity contribution in [3.63, 3.8) is 0 Å². The van der Waals surface area contributed by atoms with Crippen molar-refractivity contribution in [1.29, 1.82) is 0 Å². The van der Waals surface area contributed by atoms with Gasteiger partial charge in [-0.2, -0.15) is 10.2 Å². The highest BCUT2D eigenvalue weighted by molar-refractivity contribution is 5.95. The van der Waals surface area contributed by atoms with Gasteiger partial charge < -0.3 is 4.90 Å². The first-order chi connectivity index (χ1) is 13.0. The first-order valence-electron chi connectivity index (χ1n) is 9.12. The molecule has 1 aliphatic heterocycles. The minimum atomic E-state index is -0.262. The van der Waals surface area contributed by atoms with E-state index >= 15 is 0 Å². The summed E-state index contributed by atoms with van der Waals surface area (Å²) < 4.78 is 14.8. The van der Waals surface area contributed by atoms with Crippen LogP contribution in [0.15, 0.2) is 36.5 Å². The molecule has 1 aromatic carbocycles. The molecular weight excluding hydrogens is 345 g/mol. The van der Waals surface area contributed by atoms with Crippen LogP contribution in [-0.2, 0) is 7.05 Å². The third kappa shape index (κ3) is 3.37. The van der Waals surface area contributed by atoms with Gasteiger partial charge in [-0.15, -0.1) is 0 Å². The molecular formula is C20H22FN5O. The lowest BCUT2D eigenvalue weighted by Gasteiger charge is -2.32. The fourth-order valence-corrected chi connectivity index (χ4v) is 3.61. The fourth-order valence-electron chi connectivity index (χ4n) is 3.61. The van der Waals surface area contributed by atoms with Gasteiger partial charge in [0, 0.05) is 43.0 Å². The molecule has 0 saturated carbocycles. The van der Waals surface area contributed by atoms with Gasteiger partial charge in [-0.05, 0) is 50.1 Å². The summed E-state index contributed by atoms with van der Waals surface area (Å²) in [6, 6.07) is 8.30. The third-order valence-corrected chi connectivity index (χ3v) is 5.35. The predicted molar refractivity (Wildman–Crippen MR) is 99.8 cm³/mol. The van der Waals surface area contributed by atoms with Crippen LogP contribution < -0.4 is 0 Å². The van der Waals surface area contributed by atoms with Crippen LogP contribution in [0.4, 0.5) is 4.39 Å². The van der Waals surface area contributed by atoms with E-state index in [2.05, 4.69) is 15.3 Å². The molecule has 1 saturated heterocycles. The Balaban J connectivity index is 1.51. The van der Waals surface area contributed by atoms with Gasteiger partial charge in [0.05, 0.1) is 17.5 Å². The highest BCUT2D eigenvalue weighted by Gasteiger charge is 2.28. The van der Waals surface area contributed by atoms with Crippen LogP contribution in [-0.4, -0.2) is 43.9 Å². The summed E-state index contributed by atoms with van der Waals surface area (Å²) >= 11 is 0. The fraction of sp³-hybridized carbons (Fsp3) is 0.350. The van der Waals surface area contributed by atoms with Crippen LogP contribution in [0, 0.1) is 12.7 Å². The summed E-state index contributed by atoms with van der Waals surface area (Å²) in [5.41, 5.74) is 4.21. The van der Waals surface area contributed by atoms with E-state index in [-0.39, 0.29) is 17.6 Å². The predicted octanol–water partition coefficient (Wildman–Crippen LogP) is 3.28. The van der Waals surface area contributed by atoms with Crippen LogP contribution in [0.3, 0.4) is 0 Å². The molecule has 0 unspecified atom stereocenters. The largest absolute Gasteiger partial charge is 0.338 e. The second-order valence-electron chi connectivity index (χ2n) is 7.07. The standard InChI is InChI=1S/C20H22FN5O/c1-13-17(11-22-25(13)2)20(27)26-9-3-4-15(12-26)19-10-18(23-24-19)14-5-7-16(21)8-6-14/h5-8,10-11,15H,3-4,9,12H2,1-2H3,(H,23,24)/t15-/m0/s1. The molecule has 2 aromatic heterocycles. The van der Waals surface area contributed by atoms with Crippen LogP contribution in [0.25, 0.3) is 11.3 Å². The van der Waals surface area contributed by atoms with E-state index in [1.165, 1.54) is 12.1 Å². The molecule has 1 amide bonds. The van der Waals surface area contributed by atoms with Crippen molar-refractivity contribution in [3.05, 3.63) is 59.3 Å². The zero-order valence-corrected chi connectivity index (χ0v) is 15.4. The van der Waals surface area contributed by atoms with E-state index in [1.54, 1.807) is 23.0 Å². The monoisotopic (exact) mass is 367 g/mol. The Morgan fingerprint density at radius 1 is 1.30 bits per heavy atom. The quantitative estimate of drug-likeness (QED) is 0.773. The van der Waals surface area contributed by atoms with Crippen molar-refractivity contribution < 1.29 is 9.18 Å². The smallest absolute Gasteiger partial charge is 0.257 e. The first-order valence-corrected chi connectivity index (χ1v) is 9.12. The van der Waals surface area contributed by atoms with Crippen molar-refractivity contribution in [2.24, 2.45) is 7.05 Å². The number of hydrogen-bond acceptors (Lipinski definition) is 3. The number of hydrogen-bond donors (Lipinski definition) is 1. The Morgan fingerprint density at radius 2 is 2.07 bits per heavy atom. The summed E-state index contributed by atoms with van der Waals surface area (Å²) in [4.78, 5) is 14.8. The number of carbonyl (C=O) groups excluding carboxylic acids is 1. The second kappa shape index (κ2) is 6.98. The van der Waals surface area contributed by atoms with E-state index < -0.39 is 0 Å². The SMILES string of the molecule is Cc1c(C(=O)N2CCC[C@H](c3cc(-c4ccc(F)cc4)n[nH]3)C2)cnn1C. The van der Waals surface area contributed by atoms with Gasteiger partial charge in [-0.25, -0.2) is 4.39 Å². The zero-order valence-electron chi connectivity index (χ0n) is 15.4. The van der Waals surface area contributed by atoms with Crippen molar-refractivity contribution in [3.8, 4) is 11.3 Å². The van der Waals surface area contributed by atoms with Gasteiger partial charge in [-0.3, -0.25) is 14.6 Å². The summed E-state index contributed by atoms with van der Waals surface area (Å²) in [6.07, 6.45) is 3.59. The Labute approximate surface area is 157 Å². The highest BCUT2D eigenvalue weighted by atomic mass is 19.1. The van der Waals surface area contributed by atoms with E-state index in [4.69, 9.17) is 0 Å². The molecule has 1 atom stereocenters. The molecule has 1 aliphatic rings. The van der Waals surface area contributed by atoms with Crippen molar-refractivity contribution in [2.75, 3.05) is 13.1 Å². The van der Waals surface area contributed by atoms with E-state index in [0.717, 1.165) is 42.0 Å². The van der Waals surface area contributed by atoms with Crippen LogP contribution >= 0.6 is 0 Å². The molecule has 140 valence electrons. The van der Waals surface area contributed by atoms with E-state index in [1.807, 2.05) is 24.9 Å². The maximum Gasteiger partial charge on any atom is 0.257 e. The summed E-state index contributed by atoms with van der Waals surface area (Å²) in [5.74, 6) is -0.0217. The number of aryl methyl sites for hydroxylation is 1. The number of rotatable bonds is 3. The Bertz CT molecular complexity index is 959.